The van der Waals surface area contributed by atoms with Crippen LogP contribution in [0.2, 0.25) is 0 Å². The number of rotatable bonds is 3. The van der Waals surface area contributed by atoms with Crippen LogP contribution < -0.4 is 5.73 Å². The summed E-state index contributed by atoms with van der Waals surface area (Å²) >= 11 is 0. The summed E-state index contributed by atoms with van der Waals surface area (Å²) in [4.78, 5) is 12.6. The summed E-state index contributed by atoms with van der Waals surface area (Å²) in [6.07, 6.45) is 2.50. The van der Waals surface area contributed by atoms with E-state index in [0.29, 0.717) is 5.82 Å². The minimum absolute atomic E-state index is 0.203. The van der Waals surface area contributed by atoms with Crippen molar-refractivity contribution in [3.63, 3.8) is 0 Å². The SMILES string of the molecule is CC(O)C(N)c1nc(-c2ccc3nccnc3c2)no1. The van der Waals surface area contributed by atoms with Gasteiger partial charge in [0, 0.05) is 18.0 Å². The lowest BCUT2D eigenvalue weighted by molar-refractivity contribution is 0.146. The number of benzene rings is 1. The molecule has 3 N–H and O–H groups in total. The first kappa shape index (κ1) is 12.6. The van der Waals surface area contributed by atoms with Gasteiger partial charge in [-0.1, -0.05) is 5.16 Å². The van der Waals surface area contributed by atoms with Crippen molar-refractivity contribution in [1.29, 1.82) is 0 Å². The van der Waals surface area contributed by atoms with Gasteiger partial charge in [0.2, 0.25) is 11.7 Å². The van der Waals surface area contributed by atoms with Crippen LogP contribution in [-0.4, -0.2) is 31.3 Å². The predicted octanol–water partition coefficient (Wildman–Crippen LogP) is 1.06. The average molecular weight is 271 g/mol. The van der Waals surface area contributed by atoms with Gasteiger partial charge in [-0.2, -0.15) is 4.98 Å². The third-order valence-corrected chi connectivity index (χ3v) is 2.97. The van der Waals surface area contributed by atoms with Crippen molar-refractivity contribution in [2.24, 2.45) is 5.73 Å². The summed E-state index contributed by atoms with van der Waals surface area (Å²) in [7, 11) is 0. The van der Waals surface area contributed by atoms with Crippen LogP contribution in [-0.2, 0) is 0 Å². The fourth-order valence-corrected chi connectivity index (χ4v) is 1.80. The van der Waals surface area contributed by atoms with Crippen molar-refractivity contribution in [2.45, 2.75) is 19.1 Å². The van der Waals surface area contributed by atoms with E-state index in [4.69, 9.17) is 10.3 Å². The first-order chi connectivity index (χ1) is 9.65. The average Bonchev–Trinajstić information content (AvgIpc) is 2.95. The maximum absolute atomic E-state index is 9.42. The van der Waals surface area contributed by atoms with Gasteiger partial charge in [-0.25, -0.2) is 0 Å². The highest BCUT2D eigenvalue weighted by atomic mass is 16.5. The molecule has 1 aromatic carbocycles. The molecule has 0 amide bonds. The van der Waals surface area contributed by atoms with Gasteiger partial charge in [0.05, 0.1) is 17.1 Å². The quantitative estimate of drug-likeness (QED) is 0.732. The molecule has 2 heterocycles. The maximum Gasteiger partial charge on any atom is 0.246 e. The summed E-state index contributed by atoms with van der Waals surface area (Å²) in [5.74, 6) is 0.609. The molecule has 7 nitrogen and oxygen atoms in total. The van der Waals surface area contributed by atoms with Crippen molar-refractivity contribution < 1.29 is 9.63 Å². The summed E-state index contributed by atoms with van der Waals surface area (Å²) in [5.41, 5.74) is 8.05. The van der Waals surface area contributed by atoms with Crippen molar-refractivity contribution in [1.82, 2.24) is 20.1 Å². The second-order valence-electron chi connectivity index (χ2n) is 4.48. The van der Waals surface area contributed by atoms with E-state index in [0.717, 1.165) is 16.6 Å². The van der Waals surface area contributed by atoms with Gasteiger partial charge in [-0.05, 0) is 25.1 Å². The fraction of sp³-hybridized carbons (Fsp3) is 0.231. The van der Waals surface area contributed by atoms with E-state index < -0.39 is 12.1 Å². The van der Waals surface area contributed by atoms with Gasteiger partial charge in [-0.3, -0.25) is 9.97 Å². The number of fused-ring (bicyclic) bond motifs is 1. The van der Waals surface area contributed by atoms with Crippen molar-refractivity contribution in [3.05, 3.63) is 36.5 Å². The van der Waals surface area contributed by atoms with Crippen LogP contribution in [0.3, 0.4) is 0 Å². The van der Waals surface area contributed by atoms with E-state index in [1.807, 2.05) is 18.2 Å². The zero-order valence-electron chi connectivity index (χ0n) is 10.8. The number of aliphatic hydroxyl groups is 1. The smallest absolute Gasteiger partial charge is 0.246 e. The number of nitrogens with zero attached hydrogens (tertiary/aromatic N) is 4. The van der Waals surface area contributed by atoms with E-state index in [1.165, 1.54) is 0 Å². The molecule has 20 heavy (non-hydrogen) atoms. The molecule has 2 aromatic heterocycles. The highest BCUT2D eigenvalue weighted by molar-refractivity contribution is 5.79. The third kappa shape index (κ3) is 2.24. The van der Waals surface area contributed by atoms with Crippen molar-refractivity contribution >= 4 is 11.0 Å². The molecule has 0 fully saturated rings. The Bertz CT molecular complexity index is 740. The van der Waals surface area contributed by atoms with Gasteiger partial charge in [0.1, 0.15) is 6.04 Å². The number of hydrogen-bond donors (Lipinski definition) is 2. The molecule has 3 aromatic rings. The van der Waals surface area contributed by atoms with Crippen LogP contribution >= 0.6 is 0 Å². The van der Waals surface area contributed by atoms with E-state index in [2.05, 4.69) is 20.1 Å². The fourth-order valence-electron chi connectivity index (χ4n) is 1.80. The minimum Gasteiger partial charge on any atom is -0.391 e. The Labute approximate surface area is 114 Å². The van der Waals surface area contributed by atoms with E-state index in [-0.39, 0.29) is 5.89 Å². The van der Waals surface area contributed by atoms with Crippen LogP contribution in [0.1, 0.15) is 18.9 Å². The molecule has 2 unspecified atom stereocenters. The molecule has 0 bridgehead atoms. The molecular formula is C13H13N5O2. The second kappa shape index (κ2) is 4.95. The van der Waals surface area contributed by atoms with Gasteiger partial charge < -0.3 is 15.4 Å². The molecule has 0 radical (unpaired) electrons. The highest BCUT2D eigenvalue weighted by Gasteiger charge is 2.20. The molecule has 2 atom stereocenters. The number of aromatic nitrogens is 4. The monoisotopic (exact) mass is 271 g/mol. The standard InChI is InChI=1S/C13H13N5O2/c1-7(19)11(14)13-17-12(18-20-13)8-2-3-9-10(6-8)16-5-4-15-9/h2-7,11,19H,14H2,1H3. The lowest BCUT2D eigenvalue weighted by Crippen LogP contribution is -2.23. The normalized spacial score (nSPS) is 14.3. The van der Waals surface area contributed by atoms with Crippen LogP contribution in [0.5, 0.6) is 0 Å². The lowest BCUT2D eigenvalue weighted by Gasteiger charge is -2.08. The lowest BCUT2D eigenvalue weighted by atomic mass is 10.2. The van der Waals surface area contributed by atoms with Gasteiger partial charge >= 0.3 is 0 Å². The first-order valence-corrected chi connectivity index (χ1v) is 6.13. The molecule has 0 aliphatic rings. The summed E-state index contributed by atoms with van der Waals surface area (Å²) in [6, 6.07) is 4.80. The molecule has 0 saturated carbocycles. The molecular weight excluding hydrogens is 258 g/mol. The maximum atomic E-state index is 9.42. The van der Waals surface area contributed by atoms with Crippen molar-refractivity contribution in [2.75, 3.05) is 0 Å². The zero-order valence-corrected chi connectivity index (χ0v) is 10.8. The number of hydrogen-bond acceptors (Lipinski definition) is 7. The van der Waals surface area contributed by atoms with Crippen LogP contribution in [0.15, 0.2) is 35.1 Å². The van der Waals surface area contributed by atoms with Crippen LogP contribution in [0.4, 0.5) is 0 Å². The Morgan fingerprint density at radius 3 is 2.70 bits per heavy atom. The zero-order chi connectivity index (χ0) is 14.1. The van der Waals surface area contributed by atoms with E-state index in [1.54, 1.807) is 19.3 Å². The molecule has 0 spiro atoms. The van der Waals surface area contributed by atoms with Gasteiger partial charge in [0.25, 0.3) is 0 Å². The second-order valence-corrected chi connectivity index (χ2v) is 4.48. The molecule has 0 aliphatic heterocycles. The van der Waals surface area contributed by atoms with Gasteiger partial charge in [0.15, 0.2) is 0 Å². The molecule has 102 valence electrons. The summed E-state index contributed by atoms with van der Waals surface area (Å²) in [6.45, 7) is 1.57. The number of aliphatic hydroxyl groups excluding tert-OH is 1. The van der Waals surface area contributed by atoms with Crippen LogP contribution in [0.25, 0.3) is 22.4 Å². The Balaban J connectivity index is 1.99. The Morgan fingerprint density at radius 2 is 1.95 bits per heavy atom. The minimum atomic E-state index is -0.759. The molecule has 0 saturated heterocycles. The number of nitrogens with two attached hydrogens (primary N) is 1. The highest BCUT2D eigenvalue weighted by Crippen LogP contribution is 2.21. The van der Waals surface area contributed by atoms with Crippen molar-refractivity contribution in [3.8, 4) is 11.4 Å². The first-order valence-electron chi connectivity index (χ1n) is 6.13. The topological polar surface area (TPSA) is 111 Å². The molecule has 3 rings (SSSR count). The largest absolute Gasteiger partial charge is 0.391 e. The third-order valence-electron chi connectivity index (χ3n) is 2.97. The van der Waals surface area contributed by atoms with E-state index in [9.17, 15) is 5.11 Å². The van der Waals surface area contributed by atoms with Gasteiger partial charge in [-0.15, -0.1) is 0 Å². The van der Waals surface area contributed by atoms with Crippen LogP contribution in [0, 0.1) is 0 Å². The van der Waals surface area contributed by atoms with E-state index >= 15 is 0 Å². The predicted molar refractivity (Wildman–Crippen MR) is 71.4 cm³/mol. The Morgan fingerprint density at radius 1 is 1.20 bits per heavy atom. The summed E-state index contributed by atoms with van der Waals surface area (Å²) in [5, 5.41) is 13.3. The summed E-state index contributed by atoms with van der Waals surface area (Å²) < 4.78 is 5.07. The Kier molecular flexibility index (Phi) is 3.13. The molecule has 0 aliphatic carbocycles. The Hall–Kier alpha value is -2.38. The molecule has 7 heteroatoms.